The summed E-state index contributed by atoms with van der Waals surface area (Å²) in [7, 11) is 0. The number of amides is 1. The molecular weight excluding hydrogens is 206 g/mol. The smallest absolute Gasteiger partial charge is 0.281 e. The van der Waals surface area contributed by atoms with Crippen molar-refractivity contribution < 1.29 is 4.79 Å². The number of nitrogens with zero attached hydrogens (tertiary/aromatic N) is 1. The summed E-state index contributed by atoms with van der Waals surface area (Å²) in [6.07, 6.45) is 4.86. The van der Waals surface area contributed by atoms with Crippen molar-refractivity contribution in [2.45, 2.75) is 25.7 Å². The lowest BCUT2D eigenvalue weighted by Crippen LogP contribution is -2.28. The first-order chi connectivity index (χ1) is 6.34. The molecule has 0 bridgehead atoms. The highest BCUT2D eigenvalue weighted by molar-refractivity contribution is 8.13. The molecule has 0 aromatic heterocycles. The second kappa shape index (κ2) is 6.55. The number of hydrogen-bond donors (Lipinski definition) is 0. The zero-order chi connectivity index (χ0) is 9.52. The molecule has 1 fully saturated rings. The van der Waals surface area contributed by atoms with Crippen LogP contribution in [0.15, 0.2) is 0 Å². The predicted octanol–water partition coefficient (Wildman–Crippen LogP) is 2.95. The highest BCUT2D eigenvalue weighted by Gasteiger charge is 2.14. The van der Waals surface area contributed by atoms with Crippen molar-refractivity contribution in [1.29, 1.82) is 0 Å². The summed E-state index contributed by atoms with van der Waals surface area (Å²) in [4.78, 5) is 13.5. The number of likely N-dealkylation sites (tertiary alicyclic amines) is 1. The first-order valence-corrected chi connectivity index (χ1v) is 6.34. The normalized spacial score (nSPS) is 18.4. The van der Waals surface area contributed by atoms with Gasteiger partial charge in [-0.25, -0.2) is 0 Å². The van der Waals surface area contributed by atoms with E-state index in [1.165, 1.54) is 24.6 Å². The van der Waals surface area contributed by atoms with Gasteiger partial charge in [-0.05, 0) is 12.8 Å². The van der Waals surface area contributed by atoms with E-state index in [1.807, 2.05) is 4.90 Å². The highest BCUT2D eigenvalue weighted by Crippen LogP contribution is 2.15. The topological polar surface area (TPSA) is 20.3 Å². The number of carbonyl (C=O) groups excluding carboxylic acids is 1. The number of halogens is 1. The molecule has 0 aliphatic carbocycles. The van der Waals surface area contributed by atoms with Gasteiger partial charge in [0, 0.05) is 24.7 Å². The molecule has 0 atom stereocenters. The fraction of sp³-hybridized carbons (Fsp3) is 0.889. The van der Waals surface area contributed by atoms with Crippen molar-refractivity contribution in [3.63, 3.8) is 0 Å². The molecule has 0 spiro atoms. The SMILES string of the molecule is O=C(SCCCl)N1CCCCCC1. The van der Waals surface area contributed by atoms with E-state index in [-0.39, 0.29) is 5.24 Å². The van der Waals surface area contributed by atoms with Crippen LogP contribution in [0.1, 0.15) is 25.7 Å². The van der Waals surface area contributed by atoms with Gasteiger partial charge in [0.2, 0.25) is 0 Å². The summed E-state index contributed by atoms with van der Waals surface area (Å²) in [5.74, 6) is 1.29. The van der Waals surface area contributed by atoms with Crippen molar-refractivity contribution in [3.8, 4) is 0 Å². The largest absolute Gasteiger partial charge is 0.334 e. The van der Waals surface area contributed by atoms with E-state index in [9.17, 15) is 4.79 Å². The Morgan fingerprint density at radius 1 is 1.23 bits per heavy atom. The third kappa shape index (κ3) is 4.23. The van der Waals surface area contributed by atoms with Crippen molar-refractivity contribution in [1.82, 2.24) is 4.90 Å². The summed E-state index contributed by atoms with van der Waals surface area (Å²) in [5, 5.41) is 0.211. The monoisotopic (exact) mass is 221 g/mol. The zero-order valence-electron chi connectivity index (χ0n) is 7.80. The Balaban J connectivity index is 2.26. The summed E-state index contributed by atoms with van der Waals surface area (Å²) in [6.45, 7) is 1.88. The minimum Gasteiger partial charge on any atom is -0.334 e. The quantitative estimate of drug-likeness (QED) is 0.669. The van der Waals surface area contributed by atoms with Crippen LogP contribution in [0.4, 0.5) is 4.79 Å². The van der Waals surface area contributed by atoms with Gasteiger partial charge >= 0.3 is 0 Å². The van der Waals surface area contributed by atoms with Crippen LogP contribution in [-0.4, -0.2) is 34.9 Å². The molecule has 4 heteroatoms. The minimum absolute atomic E-state index is 0.211. The molecule has 1 saturated heterocycles. The minimum atomic E-state index is 0.211. The lowest BCUT2D eigenvalue weighted by molar-refractivity contribution is 0.225. The van der Waals surface area contributed by atoms with Gasteiger partial charge in [0.1, 0.15) is 0 Å². The molecule has 1 aliphatic rings. The molecule has 0 N–H and O–H groups in total. The molecule has 76 valence electrons. The van der Waals surface area contributed by atoms with Gasteiger partial charge in [-0.2, -0.15) is 0 Å². The second-order valence-electron chi connectivity index (χ2n) is 3.20. The fourth-order valence-electron chi connectivity index (χ4n) is 1.47. The summed E-state index contributed by atoms with van der Waals surface area (Å²) < 4.78 is 0. The molecule has 0 radical (unpaired) electrons. The fourth-order valence-corrected chi connectivity index (χ4v) is 2.32. The molecule has 13 heavy (non-hydrogen) atoms. The van der Waals surface area contributed by atoms with Crippen LogP contribution in [0.5, 0.6) is 0 Å². The van der Waals surface area contributed by atoms with E-state index in [0.717, 1.165) is 31.7 Å². The van der Waals surface area contributed by atoms with Gasteiger partial charge in [0.15, 0.2) is 0 Å². The molecule has 0 aromatic carbocycles. The molecule has 1 aliphatic heterocycles. The third-order valence-electron chi connectivity index (χ3n) is 2.17. The van der Waals surface area contributed by atoms with Crippen LogP contribution in [0.3, 0.4) is 0 Å². The molecular formula is C9H16ClNOS. The maximum atomic E-state index is 11.5. The van der Waals surface area contributed by atoms with Gasteiger partial charge in [-0.15, -0.1) is 11.6 Å². The number of rotatable bonds is 2. The van der Waals surface area contributed by atoms with Crippen LogP contribution < -0.4 is 0 Å². The van der Waals surface area contributed by atoms with Crippen LogP contribution in [0.2, 0.25) is 0 Å². The summed E-state index contributed by atoms with van der Waals surface area (Å²) >= 11 is 6.87. The molecule has 2 nitrogen and oxygen atoms in total. The summed E-state index contributed by atoms with van der Waals surface area (Å²) in [5.41, 5.74) is 0. The number of alkyl halides is 1. The Morgan fingerprint density at radius 3 is 2.38 bits per heavy atom. The van der Waals surface area contributed by atoms with E-state index >= 15 is 0 Å². The molecule has 1 rings (SSSR count). The van der Waals surface area contributed by atoms with Gasteiger partial charge in [0.25, 0.3) is 5.24 Å². The van der Waals surface area contributed by atoms with Crippen molar-refractivity contribution >= 4 is 28.6 Å². The number of hydrogen-bond acceptors (Lipinski definition) is 2. The van der Waals surface area contributed by atoms with Crippen molar-refractivity contribution in [2.24, 2.45) is 0 Å². The van der Waals surface area contributed by atoms with Gasteiger partial charge < -0.3 is 4.90 Å². The van der Waals surface area contributed by atoms with Gasteiger partial charge in [-0.1, -0.05) is 24.6 Å². The number of carbonyl (C=O) groups is 1. The first kappa shape index (κ1) is 11.2. The average Bonchev–Trinajstić information content (AvgIpc) is 2.42. The highest BCUT2D eigenvalue weighted by atomic mass is 35.5. The Hall–Kier alpha value is 0.110. The van der Waals surface area contributed by atoms with E-state index in [0.29, 0.717) is 5.88 Å². The Morgan fingerprint density at radius 2 is 1.85 bits per heavy atom. The lowest BCUT2D eigenvalue weighted by Gasteiger charge is -2.18. The molecule has 0 unspecified atom stereocenters. The molecule has 1 heterocycles. The summed E-state index contributed by atoms with van der Waals surface area (Å²) in [6, 6.07) is 0. The van der Waals surface area contributed by atoms with Crippen LogP contribution in [-0.2, 0) is 0 Å². The number of thioether (sulfide) groups is 1. The standard InChI is InChI=1S/C9H16ClNOS/c10-5-8-13-9(12)11-6-3-1-2-4-7-11/h1-8H2. The van der Waals surface area contributed by atoms with Gasteiger partial charge in [-0.3, -0.25) is 4.79 Å². The van der Waals surface area contributed by atoms with Crippen molar-refractivity contribution in [2.75, 3.05) is 24.7 Å². The second-order valence-corrected chi connectivity index (χ2v) is 4.63. The molecule has 0 saturated carbocycles. The third-order valence-corrected chi connectivity index (χ3v) is 3.49. The molecule has 0 aromatic rings. The predicted molar refractivity (Wildman–Crippen MR) is 58.6 cm³/mol. The van der Waals surface area contributed by atoms with Crippen LogP contribution in [0.25, 0.3) is 0 Å². The van der Waals surface area contributed by atoms with E-state index < -0.39 is 0 Å². The maximum Gasteiger partial charge on any atom is 0.281 e. The Kier molecular flexibility index (Phi) is 5.63. The Labute approximate surface area is 89.0 Å². The molecule has 1 amide bonds. The van der Waals surface area contributed by atoms with E-state index in [1.54, 1.807) is 0 Å². The zero-order valence-corrected chi connectivity index (χ0v) is 9.37. The maximum absolute atomic E-state index is 11.5. The van der Waals surface area contributed by atoms with Gasteiger partial charge in [0.05, 0.1) is 0 Å². The average molecular weight is 222 g/mol. The lowest BCUT2D eigenvalue weighted by atomic mass is 10.2. The van der Waals surface area contributed by atoms with E-state index in [4.69, 9.17) is 11.6 Å². The van der Waals surface area contributed by atoms with E-state index in [2.05, 4.69) is 0 Å². The van der Waals surface area contributed by atoms with Crippen LogP contribution >= 0.6 is 23.4 Å². The van der Waals surface area contributed by atoms with Crippen LogP contribution in [0, 0.1) is 0 Å². The Bertz CT molecular complexity index is 158. The first-order valence-electron chi connectivity index (χ1n) is 4.82. The van der Waals surface area contributed by atoms with Crippen molar-refractivity contribution in [3.05, 3.63) is 0 Å².